The lowest BCUT2D eigenvalue weighted by atomic mass is 9.92. The number of aromatic nitrogens is 9. The zero-order valence-electron chi connectivity index (χ0n) is 18.3. The van der Waals surface area contributed by atoms with Gasteiger partial charge in [0, 0.05) is 65.9 Å². The molecule has 0 aliphatic carbocycles. The molecule has 0 fully saturated rings. The van der Waals surface area contributed by atoms with Gasteiger partial charge in [-0.15, -0.1) is 5.10 Å². The molecule has 9 nitrogen and oxygen atoms in total. The topological polar surface area (TPSA) is 111 Å². The van der Waals surface area contributed by atoms with Crippen LogP contribution in [-0.2, 0) is 7.05 Å². The lowest BCUT2D eigenvalue weighted by Crippen LogP contribution is -2.07. The third kappa shape index (κ3) is 3.36. The van der Waals surface area contributed by atoms with Crippen molar-refractivity contribution in [3.8, 4) is 22.4 Å². The van der Waals surface area contributed by atoms with Gasteiger partial charge in [-0.2, -0.15) is 5.10 Å². The standard InChI is InChI=1S/C24H18FN9/c1-13(21-22(14-3-5-26-6-4-14)30-24-23(29-21)31-33-32-24)18-8-15-7-16(17-11-28-34(2)12-17)10-27-20(15)9-19(18)25/h3-13H,1-2H3,(H,29,30,31,32,33). The van der Waals surface area contributed by atoms with E-state index in [1.807, 2.05) is 44.4 Å². The van der Waals surface area contributed by atoms with E-state index < -0.39 is 5.92 Å². The lowest BCUT2D eigenvalue weighted by Gasteiger charge is -2.17. The summed E-state index contributed by atoms with van der Waals surface area (Å²) in [6.45, 7) is 1.91. The number of hydrogen-bond donors (Lipinski definition) is 1. The Kier molecular flexibility index (Phi) is 4.58. The van der Waals surface area contributed by atoms with Crippen molar-refractivity contribution < 1.29 is 4.39 Å². The fourth-order valence-electron chi connectivity index (χ4n) is 4.10. The summed E-state index contributed by atoms with van der Waals surface area (Å²) in [6.07, 6.45) is 8.79. The summed E-state index contributed by atoms with van der Waals surface area (Å²) >= 11 is 0. The van der Waals surface area contributed by atoms with Gasteiger partial charge in [-0.3, -0.25) is 14.6 Å². The van der Waals surface area contributed by atoms with Gasteiger partial charge in [0.1, 0.15) is 5.82 Å². The molecular weight excluding hydrogens is 433 g/mol. The largest absolute Gasteiger partial charge is 0.275 e. The van der Waals surface area contributed by atoms with Crippen molar-refractivity contribution in [1.29, 1.82) is 0 Å². The predicted molar refractivity (Wildman–Crippen MR) is 124 cm³/mol. The molecule has 1 aromatic carbocycles. The van der Waals surface area contributed by atoms with Crippen LogP contribution in [0.4, 0.5) is 4.39 Å². The zero-order valence-corrected chi connectivity index (χ0v) is 18.3. The molecule has 166 valence electrons. The second-order valence-corrected chi connectivity index (χ2v) is 8.09. The molecule has 5 aromatic heterocycles. The minimum Gasteiger partial charge on any atom is -0.275 e. The van der Waals surface area contributed by atoms with Crippen molar-refractivity contribution in [3.05, 3.63) is 78.4 Å². The first-order valence-electron chi connectivity index (χ1n) is 10.6. The van der Waals surface area contributed by atoms with Crippen LogP contribution in [0.2, 0.25) is 0 Å². The van der Waals surface area contributed by atoms with E-state index >= 15 is 4.39 Å². The van der Waals surface area contributed by atoms with E-state index in [2.05, 4.69) is 35.5 Å². The highest BCUT2D eigenvalue weighted by Gasteiger charge is 2.23. The van der Waals surface area contributed by atoms with Crippen LogP contribution in [-0.4, -0.2) is 45.1 Å². The molecule has 1 atom stereocenters. The van der Waals surface area contributed by atoms with E-state index in [9.17, 15) is 0 Å². The summed E-state index contributed by atoms with van der Waals surface area (Å²) in [5.41, 5.74) is 5.80. The molecule has 0 aliphatic rings. The first kappa shape index (κ1) is 20.0. The van der Waals surface area contributed by atoms with Crippen LogP contribution in [0.15, 0.2) is 61.3 Å². The summed E-state index contributed by atoms with van der Waals surface area (Å²) in [7, 11) is 1.86. The molecule has 6 rings (SSSR count). The quantitative estimate of drug-likeness (QED) is 0.430. The number of hydrogen-bond acceptors (Lipinski definition) is 7. The summed E-state index contributed by atoms with van der Waals surface area (Å²) < 4.78 is 17.1. The Balaban J connectivity index is 1.51. The second kappa shape index (κ2) is 7.77. The highest BCUT2D eigenvalue weighted by Crippen LogP contribution is 2.34. The van der Waals surface area contributed by atoms with Gasteiger partial charge in [0.25, 0.3) is 0 Å². The van der Waals surface area contributed by atoms with Crippen LogP contribution in [0.3, 0.4) is 0 Å². The van der Waals surface area contributed by atoms with Gasteiger partial charge in [0.05, 0.1) is 23.1 Å². The van der Waals surface area contributed by atoms with E-state index in [0.29, 0.717) is 33.8 Å². The summed E-state index contributed by atoms with van der Waals surface area (Å²) in [5.74, 6) is -0.771. The Bertz CT molecular complexity index is 1660. The third-order valence-corrected chi connectivity index (χ3v) is 5.87. The number of pyridine rings is 2. The fourth-order valence-corrected chi connectivity index (χ4v) is 4.10. The Hall–Kier alpha value is -4.60. The summed E-state index contributed by atoms with van der Waals surface area (Å²) in [5, 5.41) is 15.6. The summed E-state index contributed by atoms with van der Waals surface area (Å²) in [4.78, 5) is 17.9. The van der Waals surface area contributed by atoms with E-state index in [0.717, 1.165) is 22.1 Å². The Morgan fingerprint density at radius 2 is 1.85 bits per heavy atom. The minimum absolute atomic E-state index is 0.357. The van der Waals surface area contributed by atoms with Crippen LogP contribution < -0.4 is 0 Å². The smallest absolute Gasteiger partial charge is 0.221 e. The SMILES string of the molecule is CC(c1cc2cc(-c3cnn(C)c3)cnc2cc1F)c1nc2nn[nH]c2nc1-c1ccncc1. The molecule has 0 saturated carbocycles. The Morgan fingerprint density at radius 1 is 1.00 bits per heavy atom. The molecule has 0 bridgehead atoms. The number of fused-ring (bicyclic) bond motifs is 2. The molecule has 6 aromatic rings. The molecule has 10 heteroatoms. The first-order chi connectivity index (χ1) is 16.6. The van der Waals surface area contributed by atoms with E-state index in [4.69, 9.17) is 4.98 Å². The maximum atomic E-state index is 15.3. The molecule has 1 N–H and O–H groups in total. The molecule has 5 heterocycles. The fraction of sp³-hybridized carbons (Fsp3) is 0.125. The molecule has 0 radical (unpaired) electrons. The van der Waals surface area contributed by atoms with Crippen LogP contribution >= 0.6 is 0 Å². The predicted octanol–water partition coefficient (Wildman–Crippen LogP) is 4.05. The lowest BCUT2D eigenvalue weighted by molar-refractivity contribution is 0.603. The molecule has 1 unspecified atom stereocenters. The highest BCUT2D eigenvalue weighted by atomic mass is 19.1. The number of aromatic amines is 1. The number of benzene rings is 1. The van der Waals surface area contributed by atoms with E-state index in [1.54, 1.807) is 29.5 Å². The molecule has 0 spiro atoms. The van der Waals surface area contributed by atoms with Crippen molar-refractivity contribution in [1.82, 2.24) is 45.1 Å². The molecule has 0 aliphatic heterocycles. The molecular formula is C24H18FN9. The van der Waals surface area contributed by atoms with Crippen molar-refractivity contribution >= 4 is 22.2 Å². The third-order valence-electron chi connectivity index (χ3n) is 5.87. The average Bonchev–Trinajstić information content (AvgIpc) is 3.51. The monoisotopic (exact) mass is 451 g/mol. The van der Waals surface area contributed by atoms with Gasteiger partial charge in [0.15, 0.2) is 5.65 Å². The number of nitrogens with zero attached hydrogens (tertiary/aromatic N) is 8. The van der Waals surface area contributed by atoms with Gasteiger partial charge in [-0.1, -0.05) is 12.1 Å². The number of halogens is 1. The average molecular weight is 451 g/mol. The maximum Gasteiger partial charge on any atom is 0.221 e. The van der Waals surface area contributed by atoms with Crippen LogP contribution in [0.5, 0.6) is 0 Å². The van der Waals surface area contributed by atoms with Crippen molar-refractivity contribution in [2.75, 3.05) is 0 Å². The minimum atomic E-state index is -0.414. The number of rotatable bonds is 4. The molecule has 34 heavy (non-hydrogen) atoms. The highest BCUT2D eigenvalue weighted by molar-refractivity contribution is 5.84. The van der Waals surface area contributed by atoms with Crippen molar-refractivity contribution in [2.24, 2.45) is 7.05 Å². The number of nitrogens with one attached hydrogen (secondary N) is 1. The van der Waals surface area contributed by atoms with Gasteiger partial charge in [0.2, 0.25) is 5.65 Å². The number of aryl methyl sites for hydroxylation is 1. The summed E-state index contributed by atoms with van der Waals surface area (Å²) in [6, 6.07) is 8.97. The van der Waals surface area contributed by atoms with Crippen molar-refractivity contribution in [3.63, 3.8) is 0 Å². The van der Waals surface area contributed by atoms with Crippen LogP contribution in [0.25, 0.3) is 44.6 Å². The Labute approximate surface area is 192 Å². The molecule has 0 amide bonds. The Morgan fingerprint density at radius 3 is 2.65 bits per heavy atom. The van der Waals surface area contributed by atoms with Gasteiger partial charge in [-0.05, 0) is 29.8 Å². The van der Waals surface area contributed by atoms with Crippen molar-refractivity contribution in [2.45, 2.75) is 12.8 Å². The van der Waals surface area contributed by atoms with Gasteiger partial charge >= 0.3 is 0 Å². The normalized spacial score (nSPS) is 12.4. The van der Waals surface area contributed by atoms with Crippen LogP contribution in [0.1, 0.15) is 24.1 Å². The zero-order chi connectivity index (χ0) is 23.2. The maximum absolute atomic E-state index is 15.3. The first-order valence-corrected chi connectivity index (χ1v) is 10.6. The van der Waals surface area contributed by atoms with E-state index in [-0.39, 0.29) is 5.82 Å². The number of H-pyrrole nitrogens is 1. The molecule has 0 saturated heterocycles. The van der Waals surface area contributed by atoms with Crippen LogP contribution in [0, 0.1) is 5.82 Å². The van der Waals surface area contributed by atoms with Gasteiger partial charge in [-0.25, -0.2) is 19.5 Å². The van der Waals surface area contributed by atoms with Gasteiger partial charge < -0.3 is 0 Å². The van der Waals surface area contributed by atoms with E-state index in [1.165, 1.54) is 6.07 Å². The second-order valence-electron chi connectivity index (χ2n) is 8.09.